The van der Waals surface area contributed by atoms with Crippen LogP contribution in [0, 0.1) is 5.41 Å². The van der Waals surface area contributed by atoms with Crippen LogP contribution in [0.4, 0.5) is 13.2 Å². The Morgan fingerprint density at radius 3 is 2.35 bits per heavy atom. The number of halogens is 3. The summed E-state index contributed by atoms with van der Waals surface area (Å²) in [7, 11) is 0. The highest BCUT2D eigenvalue weighted by molar-refractivity contribution is 4.97. The molecular formula is C14H20F3N3. The lowest BCUT2D eigenvalue weighted by molar-refractivity contribution is -0.256. The Labute approximate surface area is 116 Å². The number of likely N-dealkylation sites (tertiary alicyclic amines) is 1. The van der Waals surface area contributed by atoms with Crippen molar-refractivity contribution in [2.75, 3.05) is 19.6 Å². The van der Waals surface area contributed by atoms with E-state index < -0.39 is 11.6 Å². The molecule has 1 aromatic rings. The summed E-state index contributed by atoms with van der Waals surface area (Å²) in [4.78, 5) is 1.99. The molecule has 0 bridgehead atoms. The van der Waals surface area contributed by atoms with Crippen LogP contribution >= 0.6 is 0 Å². The molecule has 0 unspecified atom stereocenters. The predicted octanol–water partition coefficient (Wildman–Crippen LogP) is 3.25. The molecule has 2 fully saturated rings. The summed E-state index contributed by atoms with van der Waals surface area (Å²) >= 11 is 0. The van der Waals surface area contributed by atoms with Crippen LogP contribution in [0.3, 0.4) is 0 Å². The highest BCUT2D eigenvalue weighted by Gasteiger charge is 2.58. The van der Waals surface area contributed by atoms with Crippen molar-refractivity contribution in [2.45, 2.75) is 44.3 Å². The second-order valence-electron chi connectivity index (χ2n) is 6.13. The maximum Gasteiger partial charge on any atom is 0.395 e. The highest BCUT2D eigenvalue weighted by atomic mass is 19.4. The molecule has 0 radical (unpaired) electrons. The van der Waals surface area contributed by atoms with Crippen LogP contribution in [-0.2, 0) is 0 Å². The minimum absolute atomic E-state index is 0.183. The van der Waals surface area contributed by atoms with Crippen molar-refractivity contribution in [1.29, 1.82) is 0 Å². The van der Waals surface area contributed by atoms with Crippen LogP contribution in [0.1, 0.15) is 38.1 Å². The first-order chi connectivity index (χ1) is 9.50. The maximum atomic E-state index is 13.2. The lowest BCUT2D eigenvalue weighted by Gasteiger charge is -2.47. The third kappa shape index (κ3) is 2.45. The second-order valence-corrected chi connectivity index (χ2v) is 6.13. The Bertz CT molecular complexity index is 429. The van der Waals surface area contributed by atoms with Crippen LogP contribution < -0.4 is 0 Å². The van der Waals surface area contributed by atoms with Crippen molar-refractivity contribution in [2.24, 2.45) is 5.41 Å². The fraction of sp³-hybridized carbons (Fsp3) is 0.786. The van der Waals surface area contributed by atoms with E-state index in [0.717, 1.165) is 25.9 Å². The molecule has 1 aromatic heterocycles. The van der Waals surface area contributed by atoms with E-state index in [1.54, 1.807) is 6.20 Å². The molecule has 0 atom stereocenters. The summed E-state index contributed by atoms with van der Waals surface area (Å²) in [5.41, 5.74) is -1.43. The van der Waals surface area contributed by atoms with Crippen molar-refractivity contribution in [3.05, 3.63) is 18.5 Å². The first kappa shape index (κ1) is 13.9. The number of aromatic nitrogens is 2. The summed E-state index contributed by atoms with van der Waals surface area (Å²) < 4.78 is 41.4. The van der Waals surface area contributed by atoms with E-state index >= 15 is 0 Å². The van der Waals surface area contributed by atoms with Gasteiger partial charge in [0.15, 0.2) is 0 Å². The number of hydrogen-bond acceptors (Lipinski definition) is 2. The van der Waals surface area contributed by atoms with Gasteiger partial charge in [-0.25, -0.2) is 0 Å². The van der Waals surface area contributed by atoms with Gasteiger partial charge in [0.05, 0.1) is 11.5 Å². The van der Waals surface area contributed by atoms with Crippen molar-refractivity contribution in [1.82, 2.24) is 14.7 Å². The minimum atomic E-state index is -4.05. The van der Waals surface area contributed by atoms with Gasteiger partial charge in [-0.3, -0.25) is 4.68 Å². The quantitative estimate of drug-likeness (QED) is 0.851. The van der Waals surface area contributed by atoms with Gasteiger partial charge >= 0.3 is 6.18 Å². The van der Waals surface area contributed by atoms with Gasteiger partial charge in [-0.2, -0.15) is 18.3 Å². The van der Waals surface area contributed by atoms with Gasteiger partial charge in [-0.15, -0.1) is 0 Å². The average Bonchev–Trinajstić information content (AvgIpc) is 2.86. The van der Waals surface area contributed by atoms with Crippen LogP contribution in [-0.4, -0.2) is 40.5 Å². The highest BCUT2D eigenvalue weighted by Crippen LogP contribution is 2.53. The zero-order valence-corrected chi connectivity index (χ0v) is 11.4. The zero-order valence-electron chi connectivity index (χ0n) is 11.4. The molecule has 2 aliphatic rings. The van der Waals surface area contributed by atoms with Gasteiger partial charge in [-0.1, -0.05) is 6.42 Å². The number of nitrogens with zero attached hydrogens (tertiary/aromatic N) is 3. The average molecular weight is 287 g/mol. The second kappa shape index (κ2) is 5.06. The van der Waals surface area contributed by atoms with Gasteiger partial charge in [0.2, 0.25) is 0 Å². The fourth-order valence-electron chi connectivity index (χ4n) is 3.40. The molecular weight excluding hydrogens is 267 g/mol. The molecule has 20 heavy (non-hydrogen) atoms. The third-order valence-electron chi connectivity index (χ3n) is 4.89. The Kier molecular flexibility index (Phi) is 3.52. The lowest BCUT2D eigenvalue weighted by Crippen LogP contribution is -2.53. The Morgan fingerprint density at radius 1 is 1.20 bits per heavy atom. The van der Waals surface area contributed by atoms with E-state index in [0.29, 0.717) is 25.3 Å². The number of hydrogen-bond donors (Lipinski definition) is 0. The van der Waals surface area contributed by atoms with Gasteiger partial charge < -0.3 is 4.90 Å². The molecule has 0 N–H and O–H groups in total. The molecule has 3 nitrogen and oxygen atoms in total. The van der Waals surface area contributed by atoms with Crippen LogP contribution in [0.25, 0.3) is 0 Å². The molecule has 1 aliphatic heterocycles. The number of alkyl halides is 3. The molecule has 0 aromatic carbocycles. The maximum absolute atomic E-state index is 13.2. The van der Waals surface area contributed by atoms with Crippen LogP contribution in [0.5, 0.6) is 0 Å². The molecule has 3 rings (SSSR count). The van der Waals surface area contributed by atoms with Gasteiger partial charge in [0.25, 0.3) is 0 Å². The third-order valence-corrected chi connectivity index (χ3v) is 4.89. The van der Waals surface area contributed by atoms with E-state index in [4.69, 9.17) is 0 Å². The number of piperidine rings is 1. The topological polar surface area (TPSA) is 21.1 Å². The molecule has 1 aliphatic carbocycles. The van der Waals surface area contributed by atoms with E-state index in [-0.39, 0.29) is 6.54 Å². The van der Waals surface area contributed by atoms with Crippen LogP contribution in [0.2, 0.25) is 0 Å². The summed E-state index contributed by atoms with van der Waals surface area (Å²) in [6.45, 7) is 1.66. The summed E-state index contributed by atoms with van der Waals surface area (Å²) in [5.74, 6) is 0. The Balaban J connectivity index is 1.56. The van der Waals surface area contributed by atoms with Crippen molar-refractivity contribution in [3.8, 4) is 0 Å². The summed E-state index contributed by atoms with van der Waals surface area (Å²) in [5, 5.41) is 4.22. The van der Waals surface area contributed by atoms with Crippen molar-refractivity contribution in [3.63, 3.8) is 0 Å². The largest absolute Gasteiger partial charge is 0.395 e. The van der Waals surface area contributed by atoms with E-state index in [1.165, 1.54) is 0 Å². The monoisotopic (exact) mass is 287 g/mol. The van der Waals surface area contributed by atoms with Crippen molar-refractivity contribution < 1.29 is 13.2 Å². The summed E-state index contributed by atoms with van der Waals surface area (Å²) in [6.07, 6.45) is 2.71. The lowest BCUT2D eigenvalue weighted by atomic mass is 9.67. The fourth-order valence-corrected chi connectivity index (χ4v) is 3.40. The molecule has 2 heterocycles. The molecule has 112 valence electrons. The Morgan fingerprint density at radius 2 is 1.90 bits per heavy atom. The first-order valence-corrected chi connectivity index (χ1v) is 7.28. The standard InChI is InChI=1S/C14H20F3N3/c15-14(16,17)13(5-1-6-13)11-19-9-3-12(4-10-19)20-8-2-7-18-20/h2,7-8,12H,1,3-6,9-11H2. The first-order valence-electron chi connectivity index (χ1n) is 7.28. The molecule has 1 saturated carbocycles. The van der Waals surface area contributed by atoms with Gasteiger partial charge in [-0.05, 0) is 31.7 Å². The number of rotatable bonds is 3. The molecule has 6 heteroatoms. The predicted molar refractivity (Wildman–Crippen MR) is 69.3 cm³/mol. The normalized spacial score (nSPS) is 24.6. The van der Waals surface area contributed by atoms with Gasteiger partial charge in [0.1, 0.15) is 0 Å². The SMILES string of the molecule is FC(F)(F)C1(CN2CCC(n3cccn3)CC2)CCC1. The van der Waals surface area contributed by atoms with E-state index in [1.807, 2.05) is 21.8 Å². The van der Waals surface area contributed by atoms with Crippen molar-refractivity contribution >= 4 is 0 Å². The van der Waals surface area contributed by atoms with E-state index in [2.05, 4.69) is 5.10 Å². The minimum Gasteiger partial charge on any atom is -0.302 e. The van der Waals surface area contributed by atoms with E-state index in [9.17, 15) is 13.2 Å². The van der Waals surface area contributed by atoms with Gasteiger partial charge in [0, 0.05) is 32.0 Å². The summed E-state index contributed by atoms with van der Waals surface area (Å²) in [6, 6.07) is 2.23. The zero-order chi connectivity index (χ0) is 14.2. The molecule has 0 spiro atoms. The molecule has 0 amide bonds. The molecule has 1 saturated heterocycles. The smallest absolute Gasteiger partial charge is 0.302 e. The Hall–Kier alpha value is -1.04. The van der Waals surface area contributed by atoms with Crippen LogP contribution in [0.15, 0.2) is 18.5 Å².